The molecule has 186 valence electrons. The van der Waals surface area contributed by atoms with Gasteiger partial charge in [-0.2, -0.15) is 0 Å². The number of nitrogens with one attached hydrogen (secondary N) is 1. The molecular formula is C27H34N4O4. The van der Waals surface area contributed by atoms with Crippen LogP contribution in [-0.2, 0) is 20.9 Å². The van der Waals surface area contributed by atoms with Gasteiger partial charge in [-0.25, -0.2) is 0 Å². The minimum atomic E-state index is -0.579. The minimum Gasteiger partial charge on any atom is -0.370 e. The maximum absolute atomic E-state index is 12.9. The van der Waals surface area contributed by atoms with Crippen molar-refractivity contribution in [1.29, 1.82) is 0 Å². The molecule has 1 atom stereocenters. The third-order valence-electron chi connectivity index (χ3n) is 9.04. The van der Waals surface area contributed by atoms with E-state index in [-0.39, 0.29) is 29.6 Å². The van der Waals surface area contributed by atoms with Gasteiger partial charge in [0.05, 0.1) is 0 Å². The molecular weight excluding hydrogens is 444 g/mol. The van der Waals surface area contributed by atoms with Gasteiger partial charge in [-0.1, -0.05) is 12.8 Å². The van der Waals surface area contributed by atoms with Gasteiger partial charge >= 0.3 is 0 Å². The van der Waals surface area contributed by atoms with Crippen LogP contribution in [-0.4, -0.2) is 65.6 Å². The number of fused-ring (bicyclic) bond motifs is 1. The molecule has 1 aromatic rings. The molecule has 4 aliphatic heterocycles. The van der Waals surface area contributed by atoms with E-state index < -0.39 is 6.04 Å². The number of benzene rings is 1. The van der Waals surface area contributed by atoms with Crippen molar-refractivity contribution in [3.05, 3.63) is 29.3 Å². The lowest BCUT2D eigenvalue weighted by atomic mass is 9.71. The molecule has 0 aromatic heterocycles. The Morgan fingerprint density at radius 1 is 1.03 bits per heavy atom. The van der Waals surface area contributed by atoms with Crippen molar-refractivity contribution >= 4 is 29.3 Å². The van der Waals surface area contributed by atoms with Gasteiger partial charge < -0.3 is 14.7 Å². The Labute approximate surface area is 206 Å². The van der Waals surface area contributed by atoms with E-state index >= 15 is 0 Å². The zero-order valence-electron chi connectivity index (χ0n) is 20.3. The second-order valence-corrected chi connectivity index (χ2v) is 11.3. The van der Waals surface area contributed by atoms with Crippen LogP contribution >= 0.6 is 0 Å². The third-order valence-corrected chi connectivity index (χ3v) is 9.04. The summed E-state index contributed by atoms with van der Waals surface area (Å²) >= 11 is 0. The lowest BCUT2D eigenvalue weighted by Gasteiger charge is -2.55. The second-order valence-electron chi connectivity index (χ2n) is 11.3. The van der Waals surface area contributed by atoms with E-state index in [4.69, 9.17) is 0 Å². The lowest BCUT2D eigenvalue weighted by molar-refractivity contribution is -0.137. The SMILES string of the molecule is O=C1CCC(N2Cc3cc(N4CC5(CCN(C(=O)CC6CCCC6)CC5)C4)ccc3C2=O)C(=O)N1. The number of piperidine rings is 2. The fourth-order valence-electron chi connectivity index (χ4n) is 6.84. The number of anilines is 1. The molecule has 35 heavy (non-hydrogen) atoms. The lowest BCUT2D eigenvalue weighted by Crippen LogP contribution is -2.61. The minimum absolute atomic E-state index is 0.129. The van der Waals surface area contributed by atoms with Crippen LogP contribution < -0.4 is 10.2 Å². The quantitative estimate of drug-likeness (QED) is 0.672. The van der Waals surface area contributed by atoms with E-state index in [1.165, 1.54) is 25.7 Å². The van der Waals surface area contributed by atoms with Crippen molar-refractivity contribution in [2.75, 3.05) is 31.1 Å². The Morgan fingerprint density at radius 2 is 1.77 bits per heavy atom. The monoisotopic (exact) mass is 478 g/mol. The van der Waals surface area contributed by atoms with Crippen molar-refractivity contribution in [2.24, 2.45) is 11.3 Å². The molecule has 4 fully saturated rings. The molecule has 8 nitrogen and oxygen atoms in total. The molecule has 4 heterocycles. The average molecular weight is 479 g/mol. The topological polar surface area (TPSA) is 90.0 Å². The third kappa shape index (κ3) is 4.10. The first-order valence-corrected chi connectivity index (χ1v) is 13.2. The predicted octanol–water partition coefficient (Wildman–Crippen LogP) is 2.46. The van der Waals surface area contributed by atoms with Crippen LogP contribution in [0.2, 0.25) is 0 Å². The Hall–Kier alpha value is -2.90. The van der Waals surface area contributed by atoms with E-state index in [0.29, 0.717) is 30.4 Å². The number of carbonyl (C=O) groups excluding carboxylic acids is 4. The molecule has 1 N–H and O–H groups in total. The van der Waals surface area contributed by atoms with Gasteiger partial charge in [-0.3, -0.25) is 24.5 Å². The van der Waals surface area contributed by atoms with Crippen LogP contribution in [0.25, 0.3) is 0 Å². The standard InChI is InChI=1S/C27H34N4O4/c32-23-8-7-22(25(34)28-23)31-15-19-14-20(5-6-21(19)26(31)35)30-16-27(17-30)9-11-29(12-10-27)24(33)13-18-3-1-2-4-18/h5-6,14,18,22H,1-4,7-13,15-17H2,(H,28,32,34). The summed E-state index contributed by atoms with van der Waals surface area (Å²) in [5.74, 6) is 0.187. The van der Waals surface area contributed by atoms with E-state index in [0.717, 1.165) is 56.7 Å². The van der Waals surface area contributed by atoms with E-state index in [1.807, 2.05) is 12.1 Å². The summed E-state index contributed by atoms with van der Waals surface area (Å²) in [4.78, 5) is 55.5. The molecule has 4 amide bonds. The smallest absolute Gasteiger partial charge is 0.255 e. The van der Waals surface area contributed by atoms with Gasteiger partial charge in [0.25, 0.3) is 5.91 Å². The van der Waals surface area contributed by atoms with Crippen LogP contribution in [0.3, 0.4) is 0 Å². The Balaban J connectivity index is 1.04. The molecule has 1 spiro atoms. The highest BCUT2D eigenvalue weighted by Gasteiger charge is 2.46. The Morgan fingerprint density at radius 3 is 2.49 bits per heavy atom. The molecule has 0 radical (unpaired) electrons. The van der Waals surface area contributed by atoms with Crippen molar-refractivity contribution in [1.82, 2.24) is 15.1 Å². The molecule has 6 rings (SSSR count). The number of likely N-dealkylation sites (tertiary alicyclic amines) is 1. The van der Waals surface area contributed by atoms with Gasteiger partial charge in [-0.15, -0.1) is 0 Å². The predicted molar refractivity (Wildman–Crippen MR) is 130 cm³/mol. The van der Waals surface area contributed by atoms with Gasteiger partial charge in [-0.05, 0) is 61.8 Å². The summed E-state index contributed by atoms with van der Waals surface area (Å²) in [7, 11) is 0. The summed E-state index contributed by atoms with van der Waals surface area (Å²) in [6.07, 6.45) is 8.51. The van der Waals surface area contributed by atoms with Gasteiger partial charge in [0, 0.05) is 62.2 Å². The number of hydrogen-bond acceptors (Lipinski definition) is 5. The normalized spacial score (nSPS) is 26.2. The van der Waals surface area contributed by atoms with E-state index in [2.05, 4.69) is 21.2 Å². The summed E-state index contributed by atoms with van der Waals surface area (Å²) < 4.78 is 0. The number of imide groups is 1. The van der Waals surface area contributed by atoms with Gasteiger partial charge in [0.2, 0.25) is 17.7 Å². The number of rotatable bonds is 4. The highest BCUT2D eigenvalue weighted by Crippen LogP contribution is 2.44. The number of nitrogens with zero attached hydrogens (tertiary/aromatic N) is 3. The maximum Gasteiger partial charge on any atom is 0.255 e. The molecule has 1 unspecified atom stereocenters. The summed E-state index contributed by atoms with van der Waals surface area (Å²) in [6.45, 7) is 4.13. The Bertz CT molecular complexity index is 1060. The van der Waals surface area contributed by atoms with Crippen LogP contribution in [0.15, 0.2) is 18.2 Å². The van der Waals surface area contributed by atoms with Gasteiger partial charge in [0.1, 0.15) is 6.04 Å². The summed E-state index contributed by atoms with van der Waals surface area (Å²) in [6, 6.07) is 5.41. The first-order valence-electron chi connectivity index (χ1n) is 13.2. The van der Waals surface area contributed by atoms with Gasteiger partial charge in [0.15, 0.2) is 0 Å². The Kier molecular flexibility index (Phi) is 5.57. The van der Waals surface area contributed by atoms with E-state index in [9.17, 15) is 19.2 Å². The first-order chi connectivity index (χ1) is 16.9. The molecule has 1 saturated carbocycles. The largest absolute Gasteiger partial charge is 0.370 e. The zero-order chi connectivity index (χ0) is 24.2. The van der Waals surface area contributed by atoms with Crippen molar-refractivity contribution < 1.29 is 19.2 Å². The highest BCUT2D eigenvalue weighted by molar-refractivity contribution is 6.05. The molecule has 1 aliphatic carbocycles. The molecule has 5 aliphatic rings. The zero-order valence-corrected chi connectivity index (χ0v) is 20.3. The molecule has 0 bridgehead atoms. The molecule has 3 saturated heterocycles. The molecule has 1 aromatic carbocycles. The van der Waals surface area contributed by atoms with Crippen molar-refractivity contribution in [2.45, 2.75) is 70.4 Å². The average Bonchev–Trinajstić information content (AvgIpc) is 3.45. The highest BCUT2D eigenvalue weighted by atomic mass is 16.2. The maximum atomic E-state index is 12.9. The fraction of sp³-hybridized carbons (Fsp3) is 0.630. The van der Waals surface area contributed by atoms with E-state index in [1.54, 1.807) is 4.90 Å². The number of hydrogen-bond donors (Lipinski definition) is 1. The van der Waals surface area contributed by atoms with Crippen molar-refractivity contribution in [3.63, 3.8) is 0 Å². The molecule has 8 heteroatoms. The van der Waals surface area contributed by atoms with Crippen LogP contribution in [0.4, 0.5) is 5.69 Å². The summed E-state index contributed by atoms with van der Waals surface area (Å²) in [5.41, 5.74) is 3.01. The second kappa shape index (κ2) is 8.64. The van der Waals surface area contributed by atoms with Crippen molar-refractivity contribution in [3.8, 4) is 0 Å². The van der Waals surface area contributed by atoms with Crippen LogP contribution in [0, 0.1) is 11.3 Å². The number of carbonyl (C=O) groups is 4. The van der Waals surface area contributed by atoms with Crippen LogP contribution in [0.5, 0.6) is 0 Å². The van der Waals surface area contributed by atoms with Crippen LogP contribution in [0.1, 0.15) is 73.7 Å². The fourth-order valence-corrected chi connectivity index (χ4v) is 6.84. The first kappa shape index (κ1) is 22.6. The summed E-state index contributed by atoms with van der Waals surface area (Å²) in [5, 5.41) is 2.36. The number of amides is 4.